The smallest absolute Gasteiger partial charge is 0.253 e. The lowest BCUT2D eigenvalue weighted by molar-refractivity contribution is 0.0951. The van der Waals surface area contributed by atoms with Gasteiger partial charge in [0, 0.05) is 24.6 Å². The Labute approximate surface area is 104 Å². The molecule has 0 aliphatic rings. The molecule has 92 valence electrons. The van der Waals surface area contributed by atoms with Gasteiger partial charge in [-0.3, -0.25) is 9.78 Å². The third-order valence-corrected chi connectivity index (χ3v) is 2.48. The first-order chi connectivity index (χ1) is 8.66. The van der Waals surface area contributed by atoms with Gasteiger partial charge in [0.15, 0.2) is 0 Å². The van der Waals surface area contributed by atoms with E-state index in [0.717, 1.165) is 5.56 Å². The number of anilines is 1. The molecule has 0 unspecified atom stereocenters. The number of carbonyl (C=O) groups is 1. The molecule has 1 heterocycles. The average Bonchev–Trinajstić information content (AvgIpc) is 2.40. The van der Waals surface area contributed by atoms with E-state index in [0.29, 0.717) is 12.2 Å². The van der Waals surface area contributed by atoms with Crippen LogP contribution in [0.3, 0.4) is 0 Å². The number of nitrogen functional groups attached to an aromatic ring is 1. The summed E-state index contributed by atoms with van der Waals surface area (Å²) in [7, 11) is 0. The van der Waals surface area contributed by atoms with Gasteiger partial charge in [0.05, 0.1) is 5.56 Å². The first kappa shape index (κ1) is 11.9. The number of pyridine rings is 1. The zero-order chi connectivity index (χ0) is 13.0. The Kier molecular flexibility index (Phi) is 3.43. The molecular formula is C13H13N3O2. The van der Waals surface area contributed by atoms with Crippen molar-refractivity contribution in [2.75, 3.05) is 5.73 Å². The number of nitrogens with zero attached hydrogens (tertiary/aromatic N) is 1. The summed E-state index contributed by atoms with van der Waals surface area (Å²) in [6, 6.07) is 7.90. The van der Waals surface area contributed by atoms with Crippen molar-refractivity contribution in [3.8, 4) is 5.75 Å². The van der Waals surface area contributed by atoms with Crippen LogP contribution in [0.5, 0.6) is 5.75 Å². The molecule has 1 amide bonds. The Morgan fingerprint density at radius 1 is 1.28 bits per heavy atom. The highest BCUT2D eigenvalue weighted by molar-refractivity contribution is 5.99. The molecule has 0 saturated heterocycles. The average molecular weight is 243 g/mol. The van der Waals surface area contributed by atoms with E-state index in [1.54, 1.807) is 12.4 Å². The highest BCUT2D eigenvalue weighted by atomic mass is 16.3. The first-order valence-corrected chi connectivity index (χ1v) is 5.42. The van der Waals surface area contributed by atoms with Crippen LogP contribution in [0.1, 0.15) is 15.9 Å². The fourth-order valence-corrected chi connectivity index (χ4v) is 1.52. The van der Waals surface area contributed by atoms with E-state index in [1.165, 1.54) is 18.2 Å². The molecule has 0 fully saturated rings. The number of hydrogen-bond donors (Lipinski definition) is 3. The minimum Gasteiger partial charge on any atom is -0.508 e. The number of phenols is 1. The van der Waals surface area contributed by atoms with Crippen molar-refractivity contribution in [3.63, 3.8) is 0 Å². The summed E-state index contributed by atoms with van der Waals surface area (Å²) >= 11 is 0. The van der Waals surface area contributed by atoms with Crippen molar-refractivity contribution in [3.05, 3.63) is 53.9 Å². The second-order valence-corrected chi connectivity index (χ2v) is 3.81. The van der Waals surface area contributed by atoms with E-state index in [-0.39, 0.29) is 17.2 Å². The van der Waals surface area contributed by atoms with Crippen molar-refractivity contribution in [2.24, 2.45) is 0 Å². The lowest BCUT2D eigenvalue weighted by Crippen LogP contribution is -2.23. The van der Waals surface area contributed by atoms with Gasteiger partial charge in [-0.1, -0.05) is 0 Å². The molecule has 0 atom stereocenters. The summed E-state index contributed by atoms with van der Waals surface area (Å²) in [4.78, 5) is 15.8. The molecule has 5 nitrogen and oxygen atoms in total. The largest absolute Gasteiger partial charge is 0.508 e. The first-order valence-electron chi connectivity index (χ1n) is 5.42. The summed E-state index contributed by atoms with van der Waals surface area (Å²) in [6.45, 7) is 0.385. The van der Waals surface area contributed by atoms with Crippen LogP contribution in [0.4, 0.5) is 5.69 Å². The lowest BCUT2D eigenvalue weighted by atomic mass is 10.1. The normalized spacial score (nSPS) is 10.0. The molecule has 0 saturated carbocycles. The highest BCUT2D eigenvalue weighted by Crippen LogP contribution is 2.18. The molecule has 0 bridgehead atoms. The molecule has 1 aromatic carbocycles. The number of nitrogens with one attached hydrogen (secondary N) is 1. The zero-order valence-electron chi connectivity index (χ0n) is 9.63. The predicted molar refractivity (Wildman–Crippen MR) is 67.9 cm³/mol. The molecule has 2 rings (SSSR count). The second kappa shape index (κ2) is 5.18. The van der Waals surface area contributed by atoms with Crippen LogP contribution in [-0.2, 0) is 6.54 Å². The van der Waals surface area contributed by atoms with Crippen molar-refractivity contribution in [2.45, 2.75) is 6.54 Å². The van der Waals surface area contributed by atoms with E-state index >= 15 is 0 Å². The molecular weight excluding hydrogens is 230 g/mol. The Bertz CT molecular complexity index is 555. The van der Waals surface area contributed by atoms with E-state index in [4.69, 9.17) is 5.73 Å². The summed E-state index contributed by atoms with van der Waals surface area (Å²) in [5.41, 5.74) is 7.22. The van der Waals surface area contributed by atoms with Gasteiger partial charge in [0.2, 0.25) is 0 Å². The SMILES string of the molecule is Nc1ccc(O)cc1C(=O)NCc1ccncc1. The maximum Gasteiger partial charge on any atom is 0.253 e. The number of hydrogen-bond acceptors (Lipinski definition) is 4. The number of carbonyl (C=O) groups excluding carboxylic acids is 1. The van der Waals surface area contributed by atoms with Gasteiger partial charge in [-0.05, 0) is 35.9 Å². The van der Waals surface area contributed by atoms with Gasteiger partial charge < -0.3 is 16.2 Å². The van der Waals surface area contributed by atoms with Gasteiger partial charge in [0.1, 0.15) is 5.75 Å². The number of benzene rings is 1. The molecule has 4 N–H and O–H groups in total. The number of aromatic hydroxyl groups is 1. The molecule has 0 aliphatic heterocycles. The van der Waals surface area contributed by atoms with Gasteiger partial charge in [-0.15, -0.1) is 0 Å². The number of rotatable bonds is 3. The topological polar surface area (TPSA) is 88.2 Å². The van der Waals surface area contributed by atoms with Crippen molar-refractivity contribution in [1.29, 1.82) is 0 Å². The molecule has 0 aliphatic carbocycles. The van der Waals surface area contributed by atoms with Crippen LogP contribution in [0.2, 0.25) is 0 Å². The van der Waals surface area contributed by atoms with E-state index in [9.17, 15) is 9.90 Å². The molecule has 0 radical (unpaired) electrons. The third-order valence-electron chi connectivity index (χ3n) is 2.48. The van der Waals surface area contributed by atoms with Crippen molar-refractivity contribution in [1.82, 2.24) is 10.3 Å². The van der Waals surface area contributed by atoms with Gasteiger partial charge in [-0.25, -0.2) is 0 Å². The molecule has 1 aromatic heterocycles. The number of amides is 1. The monoisotopic (exact) mass is 243 g/mol. The van der Waals surface area contributed by atoms with Crippen LogP contribution in [0.15, 0.2) is 42.7 Å². The minimum atomic E-state index is -0.319. The molecule has 0 spiro atoms. The quantitative estimate of drug-likeness (QED) is 0.560. The van der Waals surface area contributed by atoms with Gasteiger partial charge in [-0.2, -0.15) is 0 Å². The Hall–Kier alpha value is -2.56. The Morgan fingerprint density at radius 2 is 2.00 bits per heavy atom. The van der Waals surface area contributed by atoms with E-state index < -0.39 is 0 Å². The fraction of sp³-hybridized carbons (Fsp3) is 0.0769. The lowest BCUT2D eigenvalue weighted by Gasteiger charge is -2.07. The zero-order valence-corrected chi connectivity index (χ0v) is 9.63. The maximum absolute atomic E-state index is 11.9. The predicted octanol–water partition coefficient (Wildman–Crippen LogP) is 1.30. The van der Waals surface area contributed by atoms with Crippen molar-refractivity contribution >= 4 is 11.6 Å². The van der Waals surface area contributed by atoms with Crippen LogP contribution in [-0.4, -0.2) is 16.0 Å². The van der Waals surface area contributed by atoms with Crippen LogP contribution < -0.4 is 11.1 Å². The number of nitrogens with two attached hydrogens (primary N) is 1. The summed E-state index contributed by atoms with van der Waals surface area (Å²) < 4.78 is 0. The minimum absolute atomic E-state index is 0.0123. The summed E-state index contributed by atoms with van der Waals surface area (Å²) in [5, 5.41) is 12.1. The second-order valence-electron chi connectivity index (χ2n) is 3.81. The molecule has 5 heteroatoms. The Morgan fingerprint density at radius 3 is 2.72 bits per heavy atom. The Balaban J connectivity index is 2.06. The van der Waals surface area contributed by atoms with E-state index in [1.807, 2.05) is 12.1 Å². The summed E-state index contributed by atoms with van der Waals surface area (Å²) in [6.07, 6.45) is 3.31. The van der Waals surface area contributed by atoms with Crippen molar-refractivity contribution < 1.29 is 9.90 Å². The number of phenolic OH excluding ortho intramolecular Hbond substituents is 1. The molecule has 18 heavy (non-hydrogen) atoms. The highest BCUT2D eigenvalue weighted by Gasteiger charge is 2.10. The summed E-state index contributed by atoms with van der Waals surface area (Å²) in [5.74, 6) is -0.307. The van der Waals surface area contributed by atoms with Crippen LogP contribution in [0, 0.1) is 0 Å². The van der Waals surface area contributed by atoms with Gasteiger partial charge in [0.25, 0.3) is 5.91 Å². The molecule has 2 aromatic rings. The van der Waals surface area contributed by atoms with Crippen LogP contribution in [0.25, 0.3) is 0 Å². The van der Waals surface area contributed by atoms with Crippen LogP contribution >= 0.6 is 0 Å². The maximum atomic E-state index is 11.9. The van der Waals surface area contributed by atoms with Gasteiger partial charge >= 0.3 is 0 Å². The number of aromatic nitrogens is 1. The van der Waals surface area contributed by atoms with E-state index in [2.05, 4.69) is 10.3 Å². The standard InChI is InChI=1S/C13H13N3O2/c14-12-2-1-10(17)7-11(12)13(18)16-8-9-3-5-15-6-4-9/h1-7,17H,8,14H2,(H,16,18). The third kappa shape index (κ3) is 2.76. The fourth-order valence-electron chi connectivity index (χ4n) is 1.52.